The van der Waals surface area contributed by atoms with Gasteiger partial charge in [-0.15, -0.1) is 0 Å². The maximum absolute atomic E-state index is 13.3. The lowest BCUT2D eigenvalue weighted by atomic mass is 9.89. The Morgan fingerprint density at radius 1 is 1.08 bits per heavy atom. The van der Waals surface area contributed by atoms with Crippen molar-refractivity contribution in [3.8, 4) is 0 Å². The van der Waals surface area contributed by atoms with E-state index in [1.54, 1.807) is 6.20 Å². The van der Waals surface area contributed by atoms with Gasteiger partial charge in [-0.25, -0.2) is 0 Å². The zero-order valence-electron chi connectivity index (χ0n) is 15.4. The third kappa shape index (κ3) is 3.40. The second-order valence-corrected chi connectivity index (χ2v) is 7.58. The molecule has 1 saturated heterocycles. The van der Waals surface area contributed by atoms with Gasteiger partial charge in [0.05, 0.1) is 0 Å². The number of aromatic nitrogens is 2. The molecular weight excluding hydrogens is 324 g/mol. The molecule has 2 aliphatic rings. The molecule has 0 atom stereocenters. The van der Waals surface area contributed by atoms with Crippen LogP contribution in [0.2, 0.25) is 0 Å². The minimum Gasteiger partial charge on any atom is -0.354 e. The molecule has 0 saturated carbocycles. The zero-order chi connectivity index (χ0) is 17.8. The third-order valence-electron chi connectivity index (χ3n) is 5.88. The SMILES string of the molecule is O=C(NCCCn1cccn1)C1(N2CCCCC2)Cc2ccccc2C1. The molecule has 4 rings (SSSR count). The number of carbonyl (C=O) groups excluding carboxylic acids is 1. The molecule has 0 spiro atoms. The largest absolute Gasteiger partial charge is 0.354 e. The number of fused-ring (bicyclic) bond motifs is 1. The Hall–Kier alpha value is -2.14. The Balaban J connectivity index is 1.44. The van der Waals surface area contributed by atoms with Gasteiger partial charge in [-0.2, -0.15) is 5.10 Å². The van der Waals surface area contributed by atoms with Gasteiger partial charge in [0.1, 0.15) is 5.54 Å². The number of rotatable bonds is 6. The van der Waals surface area contributed by atoms with E-state index in [4.69, 9.17) is 0 Å². The number of hydrogen-bond acceptors (Lipinski definition) is 3. The molecule has 5 nitrogen and oxygen atoms in total. The summed E-state index contributed by atoms with van der Waals surface area (Å²) in [6, 6.07) is 10.5. The fourth-order valence-electron chi connectivity index (χ4n) is 4.48. The lowest BCUT2D eigenvalue weighted by Crippen LogP contribution is -2.61. The van der Waals surface area contributed by atoms with Gasteiger partial charge in [0.25, 0.3) is 0 Å². The number of piperidine rings is 1. The minimum absolute atomic E-state index is 0.205. The molecule has 1 aromatic carbocycles. The molecule has 1 amide bonds. The molecule has 138 valence electrons. The number of nitrogens with zero attached hydrogens (tertiary/aromatic N) is 3. The van der Waals surface area contributed by atoms with Crippen LogP contribution in [0.3, 0.4) is 0 Å². The van der Waals surface area contributed by atoms with E-state index >= 15 is 0 Å². The maximum Gasteiger partial charge on any atom is 0.241 e. The molecule has 2 heterocycles. The topological polar surface area (TPSA) is 50.2 Å². The van der Waals surface area contributed by atoms with E-state index < -0.39 is 5.54 Å². The highest BCUT2D eigenvalue weighted by atomic mass is 16.2. The van der Waals surface area contributed by atoms with Crippen molar-refractivity contribution in [2.45, 2.75) is 50.6 Å². The number of hydrogen-bond donors (Lipinski definition) is 1. The van der Waals surface area contributed by atoms with E-state index in [1.807, 2.05) is 16.9 Å². The first-order valence-electron chi connectivity index (χ1n) is 9.85. The van der Waals surface area contributed by atoms with Crippen molar-refractivity contribution in [3.63, 3.8) is 0 Å². The van der Waals surface area contributed by atoms with Gasteiger partial charge in [-0.1, -0.05) is 30.7 Å². The highest BCUT2D eigenvalue weighted by molar-refractivity contribution is 5.88. The van der Waals surface area contributed by atoms with Crippen LogP contribution in [0.1, 0.15) is 36.8 Å². The fraction of sp³-hybridized carbons (Fsp3) is 0.524. The molecule has 1 N–H and O–H groups in total. The normalized spacial score (nSPS) is 19.2. The molecule has 5 heteroatoms. The van der Waals surface area contributed by atoms with Gasteiger partial charge >= 0.3 is 0 Å². The smallest absolute Gasteiger partial charge is 0.241 e. The summed E-state index contributed by atoms with van der Waals surface area (Å²) in [7, 11) is 0. The van der Waals surface area contributed by atoms with E-state index in [2.05, 4.69) is 39.6 Å². The van der Waals surface area contributed by atoms with Crippen LogP contribution in [0, 0.1) is 0 Å². The number of benzene rings is 1. The molecule has 1 aliphatic carbocycles. The van der Waals surface area contributed by atoms with Crippen molar-refractivity contribution in [2.75, 3.05) is 19.6 Å². The summed E-state index contributed by atoms with van der Waals surface area (Å²) in [4.78, 5) is 15.8. The van der Waals surface area contributed by atoms with Gasteiger partial charge in [0.2, 0.25) is 5.91 Å². The summed E-state index contributed by atoms with van der Waals surface area (Å²) in [5.41, 5.74) is 2.28. The molecule has 1 fully saturated rings. The summed E-state index contributed by atoms with van der Waals surface area (Å²) >= 11 is 0. The Bertz CT molecular complexity index is 709. The number of nitrogens with one attached hydrogen (secondary N) is 1. The maximum atomic E-state index is 13.3. The summed E-state index contributed by atoms with van der Waals surface area (Å²) < 4.78 is 1.91. The lowest BCUT2D eigenvalue weighted by Gasteiger charge is -2.42. The van der Waals surface area contributed by atoms with Gasteiger partial charge < -0.3 is 5.32 Å². The van der Waals surface area contributed by atoms with Crippen LogP contribution in [0.15, 0.2) is 42.7 Å². The molecule has 0 unspecified atom stereocenters. The number of carbonyl (C=O) groups is 1. The molecule has 1 aliphatic heterocycles. The second-order valence-electron chi connectivity index (χ2n) is 7.58. The van der Waals surface area contributed by atoms with Crippen molar-refractivity contribution in [1.82, 2.24) is 20.0 Å². The first-order valence-corrected chi connectivity index (χ1v) is 9.85. The van der Waals surface area contributed by atoms with Crippen LogP contribution in [0.4, 0.5) is 0 Å². The number of amides is 1. The quantitative estimate of drug-likeness (QED) is 0.813. The van der Waals surface area contributed by atoms with Crippen LogP contribution >= 0.6 is 0 Å². The average Bonchev–Trinajstić information content (AvgIpc) is 3.33. The van der Waals surface area contributed by atoms with Gasteiger partial charge in [0, 0.05) is 38.3 Å². The number of aryl methyl sites for hydroxylation is 1. The summed E-state index contributed by atoms with van der Waals surface area (Å²) in [6.07, 6.45) is 10.0. The van der Waals surface area contributed by atoms with Crippen molar-refractivity contribution >= 4 is 5.91 Å². The van der Waals surface area contributed by atoms with E-state index in [0.29, 0.717) is 6.54 Å². The lowest BCUT2D eigenvalue weighted by molar-refractivity contribution is -0.134. The van der Waals surface area contributed by atoms with E-state index in [1.165, 1.54) is 30.4 Å². The van der Waals surface area contributed by atoms with Crippen LogP contribution in [0.5, 0.6) is 0 Å². The van der Waals surface area contributed by atoms with Gasteiger partial charge in [-0.05, 0) is 49.5 Å². The summed E-state index contributed by atoms with van der Waals surface area (Å²) in [5, 5.41) is 7.46. The molecule has 0 bridgehead atoms. The summed E-state index contributed by atoms with van der Waals surface area (Å²) in [5.74, 6) is 0.205. The zero-order valence-corrected chi connectivity index (χ0v) is 15.4. The predicted octanol–water partition coefficient (Wildman–Crippen LogP) is 2.41. The first-order chi connectivity index (χ1) is 12.8. The Kier molecular flexibility index (Phi) is 5.07. The highest BCUT2D eigenvalue weighted by Gasteiger charge is 2.48. The summed E-state index contributed by atoms with van der Waals surface area (Å²) in [6.45, 7) is 3.61. The van der Waals surface area contributed by atoms with Crippen molar-refractivity contribution < 1.29 is 4.79 Å². The first kappa shape index (κ1) is 17.3. The van der Waals surface area contributed by atoms with E-state index in [0.717, 1.165) is 38.9 Å². The van der Waals surface area contributed by atoms with Crippen molar-refractivity contribution in [1.29, 1.82) is 0 Å². The van der Waals surface area contributed by atoms with E-state index in [9.17, 15) is 4.79 Å². The van der Waals surface area contributed by atoms with E-state index in [-0.39, 0.29) is 5.91 Å². The monoisotopic (exact) mass is 352 g/mol. The molecule has 2 aromatic rings. The third-order valence-corrected chi connectivity index (χ3v) is 5.88. The van der Waals surface area contributed by atoms with Crippen LogP contribution in [-0.4, -0.2) is 45.8 Å². The Morgan fingerprint density at radius 2 is 1.81 bits per heavy atom. The van der Waals surface area contributed by atoms with Crippen molar-refractivity contribution in [2.24, 2.45) is 0 Å². The molecule has 1 aromatic heterocycles. The van der Waals surface area contributed by atoms with Gasteiger partial charge in [-0.3, -0.25) is 14.4 Å². The molecule has 26 heavy (non-hydrogen) atoms. The van der Waals surface area contributed by atoms with Crippen LogP contribution in [0.25, 0.3) is 0 Å². The molecular formula is C21H28N4O. The Labute approximate surface area is 155 Å². The van der Waals surface area contributed by atoms with Crippen molar-refractivity contribution in [3.05, 3.63) is 53.9 Å². The number of likely N-dealkylation sites (tertiary alicyclic amines) is 1. The Morgan fingerprint density at radius 3 is 2.46 bits per heavy atom. The fourth-order valence-corrected chi connectivity index (χ4v) is 4.48. The van der Waals surface area contributed by atoms with Crippen LogP contribution < -0.4 is 5.32 Å². The minimum atomic E-state index is -0.393. The second kappa shape index (κ2) is 7.62. The average molecular weight is 352 g/mol. The molecule has 0 radical (unpaired) electrons. The predicted molar refractivity (Wildman–Crippen MR) is 102 cm³/mol. The highest BCUT2D eigenvalue weighted by Crippen LogP contribution is 2.36. The standard InChI is InChI=1S/C21H28N4O/c26-20(22-10-6-14-25-15-7-11-23-25)21(24-12-4-1-5-13-24)16-18-8-2-3-9-19(18)17-21/h2-3,7-9,11,15H,1,4-6,10,12-14,16-17H2,(H,22,26). The van der Waals surface area contributed by atoms with Crippen LogP contribution in [-0.2, 0) is 24.2 Å². The van der Waals surface area contributed by atoms with Gasteiger partial charge in [0.15, 0.2) is 0 Å².